The van der Waals surface area contributed by atoms with E-state index in [0.29, 0.717) is 23.6 Å². The van der Waals surface area contributed by atoms with Crippen molar-refractivity contribution in [2.45, 2.75) is 33.8 Å². The Morgan fingerprint density at radius 3 is 2.41 bits per heavy atom. The molecule has 0 aliphatic carbocycles. The molecule has 0 aromatic heterocycles. The molecule has 0 bridgehead atoms. The number of carbonyl (C=O) groups excluding carboxylic acids is 1. The third-order valence-corrected chi connectivity index (χ3v) is 5.72. The zero-order chi connectivity index (χ0) is 23.1. The van der Waals surface area contributed by atoms with Crippen LogP contribution in [0, 0.1) is 25.2 Å². The highest BCUT2D eigenvalue weighted by Gasteiger charge is 2.12. The number of ether oxygens (including phenoxy) is 1. The molecule has 4 nitrogen and oxygen atoms in total. The van der Waals surface area contributed by atoms with Crippen molar-refractivity contribution in [3.05, 3.63) is 98.5 Å². The van der Waals surface area contributed by atoms with Crippen LogP contribution in [-0.4, -0.2) is 5.91 Å². The molecule has 5 heteroatoms. The lowest BCUT2D eigenvalue weighted by Crippen LogP contribution is -2.13. The largest absolute Gasteiger partial charge is 0.488 e. The summed E-state index contributed by atoms with van der Waals surface area (Å²) in [5, 5.41) is 12.4. The summed E-state index contributed by atoms with van der Waals surface area (Å²) in [5.74, 6) is 0.135. The Morgan fingerprint density at radius 1 is 1.03 bits per heavy atom. The van der Waals surface area contributed by atoms with E-state index in [0.717, 1.165) is 16.5 Å². The Hall–Kier alpha value is -3.36. The summed E-state index contributed by atoms with van der Waals surface area (Å²) in [7, 11) is 0. The second-order valence-electron chi connectivity index (χ2n) is 7.56. The maximum atomic E-state index is 12.7. The third-order valence-electron chi connectivity index (χ3n) is 5.22. The molecule has 0 aliphatic heterocycles. The van der Waals surface area contributed by atoms with Crippen molar-refractivity contribution in [1.29, 1.82) is 5.26 Å². The van der Waals surface area contributed by atoms with E-state index in [1.165, 1.54) is 16.7 Å². The summed E-state index contributed by atoms with van der Waals surface area (Å²) in [6.45, 7) is 6.60. The number of halogens is 1. The molecule has 0 spiro atoms. The van der Waals surface area contributed by atoms with Gasteiger partial charge in [-0.25, -0.2) is 0 Å². The van der Waals surface area contributed by atoms with Crippen molar-refractivity contribution >= 4 is 33.6 Å². The standard InChI is InChI=1S/C27H25BrN2O2/c1-4-20-7-10-25(11-8-20)30-27(31)23(16-29)14-22-15-24(28)9-12-26(22)32-17-21-6-5-18(2)19(3)13-21/h5-15H,4,17H2,1-3H3,(H,30,31)/b23-14+. The first kappa shape index (κ1) is 23.3. The fraction of sp³-hybridized carbons (Fsp3) is 0.185. The SMILES string of the molecule is CCc1ccc(NC(=O)/C(C#N)=C/c2cc(Br)ccc2OCc2ccc(C)c(C)c2)cc1. The number of rotatable bonds is 7. The summed E-state index contributed by atoms with van der Waals surface area (Å²) in [6.07, 6.45) is 2.47. The maximum Gasteiger partial charge on any atom is 0.266 e. The molecule has 0 saturated carbocycles. The zero-order valence-corrected chi connectivity index (χ0v) is 20.0. The minimum atomic E-state index is -0.461. The number of hydrogen-bond acceptors (Lipinski definition) is 3. The van der Waals surface area contributed by atoms with E-state index >= 15 is 0 Å². The van der Waals surface area contributed by atoms with Gasteiger partial charge < -0.3 is 10.1 Å². The van der Waals surface area contributed by atoms with Crippen molar-refractivity contribution in [2.75, 3.05) is 5.32 Å². The van der Waals surface area contributed by atoms with Gasteiger partial charge in [-0.05, 0) is 78.9 Å². The van der Waals surface area contributed by atoms with Gasteiger partial charge in [0.1, 0.15) is 24.0 Å². The van der Waals surface area contributed by atoms with Gasteiger partial charge in [0.05, 0.1) is 0 Å². The number of amides is 1. The second kappa shape index (κ2) is 10.8. The first-order valence-electron chi connectivity index (χ1n) is 10.4. The Balaban J connectivity index is 1.81. The van der Waals surface area contributed by atoms with Crippen LogP contribution in [0.25, 0.3) is 6.08 Å². The number of anilines is 1. The van der Waals surface area contributed by atoms with Crippen molar-refractivity contribution in [1.82, 2.24) is 0 Å². The molecule has 0 unspecified atom stereocenters. The highest BCUT2D eigenvalue weighted by Crippen LogP contribution is 2.27. The number of nitrogens with one attached hydrogen (secondary N) is 1. The van der Waals surface area contributed by atoms with E-state index in [2.05, 4.69) is 54.2 Å². The summed E-state index contributed by atoms with van der Waals surface area (Å²) in [4.78, 5) is 12.7. The molecule has 3 rings (SSSR count). The van der Waals surface area contributed by atoms with Crippen molar-refractivity contribution in [3.63, 3.8) is 0 Å². The fourth-order valence-electron chi connectivity index (χ4n) is 3.14. The minimum Gasteiger partial charge on any atom is -0.488 e. The van der Waals surface area contributed by atoms with Gasteiger partial charge in [-0.15, -0.1) is 0 Å². The van der Waals surface area contributed by atoms with Gasteiger partial charge in [-0.2, -0.15) is 5.26 Å². The summed E-state index contributed by atoms with van der Waals surface area (Å²) in [5.41, 5.74) is 5.97. The topological polar surface area (TPSA) is 62.1 Å². The zero-order valence-electron chi connectivity index (χ0n) is 18.4. The van der Waals surface area contributed by atoms with Crippen LogP contribution in [-0.2, 0) is 17.8 Å². The van der Waals surface area contributed by atoms with Crippen LogP contribution in [0.15, 0.2) is 70.7 Å². The van der Waals surface area contributed by atoms with Crippen LogP contribution in [0.5, 0.6) is 5.75 Å². The van der Waals surface area contributed by atoms with E-state index < -0.39 is 5.91 Å². The first-order chi connectivity index (χ1) is 15.4. The van der Waals surface area contributed by atoms with E-state index in [-0.39, 0.29) is 5.57 Å². The molecule has 0 radical (unpaired) electrons. The van der Waals surface area contributed by atoms with Crippen molar-refractivity contribution in [2.24, 2.45) is 0 Å². The van der Waals surface area contributed by atoms with Crippen LogP contribution in [0.4, 0.5) is 5.69 Å². The highest BCUT2D eigenvalue weighted by molar-refractivity contribution is 9.10. The van der Waals surface area contributed by atoms with Crippen molar-refractivity contribution in [3.8, 4) is 11.8 Å². The lowest BCUT2D eigenvalue weighted by atomic mass is 10.1. The monoisotopic (exact) mass is 488 g/mol. The van der Waals surface area contributed by atoms with Crippen molar-refractivity contribution < 1.29 is 9.53 Å². The molecule has 1 N–H and O–H groups in total. The summed E-state index contributed by atoms with van der Waals surface area (Å²) < 4.78 is 6.86. The molecule has 162 valence electrons. The van der Waals surface area contributed by atoms with Crippen LogP contribution >= 0.6 is 15.9 Å². The summed E-state index contributed by atoms with van der Waals surface area (Å²) >= 11 is 3.46. The number of nitriles is 1. The van der Waals surface area contributed by atoms with Crippen LogP contribution in [0.3, 0.4) is 0 Å². The Labute approximate surface area is 197 Å². The van der Waals surface area contributed by atoms with Gasteiger partial charge in [-0.3, -0.25) is 4.79 Å². The molecule has 0 heterocycles. The molecular weight excluding hydrogens is 464 g/mol. The quantitative estimate of drug-likeness (QED) is 0.295. The van der Waals surface area contributed by atoms with E-state index in [1.54, 1.807) is 6.08 Å². The van der Waals surface area contributed by atoms with Crippen LogP contribution in [0.1, 0.15) is 34.7 Å². The van der Waals surface area contributed by atoms with Gasteiger partial charge in [0.15, 0.2) is 0 Å². The second-order valence-corrected chi connectivity index (χ2v) is 8.48. The highest BCUT2D eigenvalue weighted by atomic mass is 79.9. The number of carbonyl (C=O) groups is 1. The van der Waals surface area contributed by atoms with Crippen LogP contribution in [0.2, 0.25) is 0 Å². The van der Waals surface area contributed by atoms with Gasteiger partial charge >= 0.3 is 0 Å². The molecule has 3 aromatic rings. The molecule has 0 atom stereocenters. The molecule has 0 fully saturated rings. The maximum absolute atomic E-state index is 12.7. The number of nitrogens with zero attached hydrogens (tertiary/aromatic N) is 1. The third kappa shape index (κ3) is 6.09. The van der Waals surface area contributed by atoms with Gasteiger partial charge in [0.2, 0.25) is 0 Å². The molecule has 32 heavy (non-hydrogen) atoms. The first-order valence-corrected chi connectivity index (χ1v) is 11.2. The molecule has 3 aromatic carbocycles. The Morgan fingerprint density at radius 2 is 1.75 bits per heavy atom. The smallest absolute Gasteiger partial charge is 0.266 e. The predicted molar refractivity (Wildman–Crippen MR) is 132 cm³/mol. The number of aryl methyl sites for hydroxylation is 3. The Kier molecular flexibility index (Phi) is 7.86. The lowest BCUT2D eigenvalue weighted by molar-refractivity contribution is -0.112. The average molecular weight is 489 g/mol. The summed E-state index contributed by atoms with van der Waals surface area (Å²) in [6, 6.07) is 21.3. The molecule has 1 amide bonds. The molecule has 0 saturated heterocycles. The van der Waals surface area contributed by atoms with Gasteiger partial charge in [-0.1, -0.05) is 53.2 Å². The fourth-order valence-corrected chi connectivity index (χ4v) is 3.52. The van der Waals surface area contributed by atoms with Gasteiger partial charge in [0.25, 0.3) is 5.91 Å². The normalized spacial score (nSPS) is 11.0. The predicted octanol–water partition coefficient (Wildman–Crippen LogP) is 6.75. The van der Waals surface area contributed by atoms with E-state index in [9.17, 15) is 10.1 Å². The number of hydrogen-bond donors (Lipinski definition) is 1. The van der Waals surface area contributed by atoms with Gasteiger partial charge in [0, 0.05) is 15.7 Å². The minimum absolute atomic E-state index is 0.00121. The van der Waals surface area contributed by atoms with Crippen LogP contribution < -0.4 is 10.1 Å². The lowest BCUT2D eigenvalue weighted by Gasteiger charge is -2.12. The van der Waals surface area contributed by atoms with E-state index in [4.69, 9.17) is 4.74 Å². The molecule has 0 aliphatic rings. The molecular formula is C27H25BrN2O2. The average Bonchev–Trinajstić information content (AvgIpc) is 2.79. The van der Waals surface area contributed by atoms with E-state index in [1.807, 2.05) is 54.6 Å². The Bertz CT molecular complexity index is 1190. The number of benzene rings is 3.